The average Bonchev–Trinajstić information content (AvgIpc) is 2.24. The van der Waals surface area contributed by atoms with Crippen LogP contribution in [0.1, 0.15) is 37.6 Å². The number of aryl methyl sites for hydroxylation is 2. The molecule has 2 heteroatoms. The first-order valence-corrected chi connectivity index (χ1v) is 5.33. The van der Waals surface area contributed by atoms with Crippen molar-refractivity contribution in [2.75, 3.05) is 12.4 Å². The normalized spacial score (nSPS) is 9.00. The van der Waals surface area contributed by atoms with Crippen LogP contribution in [0.25, 0.3) is 0 Å². The van der Waals surface area contributed by atoms with Gasteiger partial charge in [0.05, 0.1) is 11.4 Å². The molecular weight excluding hydrogens is 172 g/mol. The Hall–Kier alpha value is -1.05. The highest BCUT2D eigenvalue weighted by atomic mass is 14.9. The van der Waals surface area contributed by atoms with Crippen molar-refractivity contribution in [1.29, 1.82) is 0 Å². The van der Waals surface area contributed by atoms with E-state index in [1.54, 1.807) is 0 Å². The molecular formula is C12H22N2. The maximum Gasteiger partial charge on any atom is 0.0606 e. The van der Waals surface area contributed by atoms with E-state index in [9.17, 15) is 0 Å². The van der Waals surface area contributed by atoms with E-state index in [2.05, 4.69) is 24.1 Å². The van der Waals surface area contributed by atoms with Crippen molar-refractivity contribution in [2.45, 2.75) is 41.0 Å². The molecule has 0 atom stereocenters. The largest absolute Gasteiger partial charge is 0.386 e. The summed E-state index contributed by atoms with van der Waals surface area (Å²) in [6.45, 7) is 10.3. The Balaban J connectivity index is 0.000000791. The predicted octanol–water partition coefficient (Wildman–Crippen LogP) is 3.33. The summed E-state index contributed by atoms with van der Waals surface area (Å²) in [6.07, 6.45) is 3.00. The molecule has 1 aromatic heterocycles. The van der Waals surface area contributed by atoms with E-state index in [-0.39, 0.29) is 0 Å². The number of hydrogen-bond acceptors (Lipinski definition) is 2. The fourth-order valence-corrected chi connectivity index (χ4v) is 1.54. The molecule has 1 heterocycles. The Bertz CT molecular complexity index is 251. The summed E-state index contributed by atoms with van der Waals surface area (Å²) < 4.78 is 0. The fourth-order valence-electron chi connectivity index (χ4n) is 1.54. The Labute approximate surface area is 87.8 Å². The number of pyridine rings is 1. The molecule has 0 aromatic carbocycles. The van der Waals surface area contributed by atoms with Crippen molar-refractivity contribution in [3.8, 4) is 0 Å². The first kappa shape index (κ1) is 12.9. The van der Waals surface area contributed by atoms with Crippen molar-refractivity contribution >= 4 is 5.69 Å². The summed E-state index contributed by atoms with van der Waals surface area (Å²) >= 11 is 0. The van der Waals surface area contributed by atoms with Gasteiger partial charge in [-0.05, 0) is 31.4 Å². The highest BCUT2D eigenvalue weighted by Crippen LogP contribution is 2.21. The first-order valence-electron chi connectivity index (χ1n) is 5.33. The van der Waals surface area contributed by atoms with Crippen LogP contribution >= 0.6 is 0 Å². The van der Waals surface area contributed by atoms with Crippen molar-refractivity contribution in [3.63, 3.8) is 0 Å². The predicted molar refractivity (Wildman–Crippen MR) is 64.0 cm³/mol. The number of aromatic nitrogens is 1. The molecule has 0 aliphatic carbocycles. The zero-order chi connectivity index (χ0) is 11.1. The van der Waals surface area contributed by atoms with E-state index in [0.717, 1.165) is 12.1 Å². The third kappa shape index (κ3) is 2.72. The van der Waals surface area contributed by atoms with Crippen LogP contribution in [0, 0.1) is 13.8 Å². The monoisotopic (exact) mass is 194 g/mol. The third-order valence-corrected chi connectivity index (χ3v) is 2.19. The second-order valence-electron chi connectivity index (χ2n) is 2.98. The zero-order valence-electron chi connectivity index (χ0n) is 10.2. The van der Waals surface area contributed by atoms with Crippen LogP contribution in [0.4, 0.5) is 5.69 Å². The maximum absolute atomic E-state index is 4.30. The molecule has 0 aliphatic heterocycles. The van der Waals surface area contributed by atoms with Gasteiger partial charge in [0, 0.05) is 13.2 Å². The van der Waals surface area contributed by atoms with E-state index in [1.807, 2.05) is 34.0 Å². The first-order chi connectivity index (χ1) is 6.70. The summed E-state index contributed by atoms with van der Waals surface area (Å²) in [4.78, 5) is 4.30. The van der Waals surface area contributed by atoms with Crippen LogP contribution in [0.3, 0.4) is 0 Å². The molecule has 0 amide bonds. The Morgan fingerprint density at radius 1 is 1.29 bits per heavy atom. The Kier molecular flexibility index (Phi) is 5.93. The molecule has 0 radical (unpaired) electrons. The summed E-state index contributed by atoms with van der Waals surface area (Å²) in [7, 11) is 1.95. The van der Waals surface area contributed by atoms with Gasteiger partial charge in [-0.2, -0.15) is 0 Å². The standard InChI is InChI=1S/C10H16N2.C2H6/c1-5-9-7(2)6-12-8(3)10(9)11-4;1-2/h6,11H,5H2,1-4H3;1-2H3. The number of anilines is 1. The minimum Gasteiger partial charge on any atom is -0.386 e. The van der Waals surface area contributed by atoms with Gasteiger partial charge in [-0.1, -0.05) is 20.8 Å². The number of nitrogens with zero attached hydrogens (tertiary/aromatic N) is 1. The molecule has 0 bridgehead atoms. The summed E-state index contributed by atoms with van der Waals surface area (Å²) in [6, 6.07) is 0. The molecule has 0 saturated heterocycles. The maximum atomic E-state index is 4.30. The molecule has 0 spiro atoms. The fraction of sp³-hybridized carbons (Fsp3) is 0.583. The van der Waals surface area contributed by atoms with Gasteiger partial charge in [0.2, 0.25) is 0 Å². The summed E-state index contributed by atoms with van der Waals surface area (Å²) in [5.74, 6) is 0. The Morgan fingerprint density at radius 2 is 1.86 bits per heavy atom. The van der Waals surface area contributed by atoms with Crippen LogP contribution in [-0.2, 0) is 6.42 Å². The highest BCUT2D eigenvalue weighted by Gasteiger charge is 2.05. The number of nitrogens with one attached hydrogen (secondary N) is 1. The number of hydrogen-bond donors (Lipinski definition) is 1. The van der Waals surface area contributed by atoms with E-state index >= 15 is 0 Å². The third-order valence-electron chi connectivity index (χ3n) is 2.19. The molecule has 0 saturated carbocycles. The molecule has 0 aliphatic rings. The molecule has 0 fully saturated rings. The summed E-state index contributed by atoms with van der Waals surface area (Å²) in [5.41, 5.74) is 4.93. The molecule has 14 heavy (non-hydrogen) atoms. The van der Waals surface area contributed by atoms with Crippen molar-refractivity contribution in [1.82, 2.24) is 4.98 Å². The van der Waals surface area contributed by atoms with Gasteiger partial charge in [-0.15, -0.1) is 0 Å². The quantitative estimate of drug-likeness (QED) is 0.781. The minimum absolute atomic E-state index is 1.06. The highest BCUT2D eigenvalue weighted by molar-refractivity contribution is 5.56. The van der Waals surface area contributed by atoms with E-state index in [0.29, 0.717) is 0 Å². The Morgan fingerprint density at radius 3 is 2.21 bits per heavy atom. The second-order valence-corrected chi connectivity index (χ2v) is 2.98. The van der Waals surface area contributed by atoms with Gasteiger partial charge in [0.15, 0.2) is 0 Å². The van der Waals surface area contributed by atoms with E-state index in [1.165, 1.54) is 16.8 Å². The van der Waals surface area contributed by atoms with Gasteiger partial charge in [-0.3, -0.25) is 4.98 Å². The molecule has 0 unspecified atom stereocenters. The van der Waals surface area contributed by atoms with Crippen LogP contribution in [0.2, 0.25) is 0 Å². The minimum atomic E-state index is 1.06. The zero-order valence-corrected chi connectivity index (χ0v) is 10.2. The van der Waals surface area contributed by atoms with Crippen LogP contribution in [-0.4, -0.2) is 12.0 Å². The van der Waals surface area contributed by atoms with Crippen molar-refractivity contribution < 1.29 is 0 Å². The SMILES string of the molecule is CC.CCc1c(C)cnc(C)c1NC. The van der Waals surface area contributed by atoms with Crippen LogP contribution in [0.5, 0.6) is 0 Å². The van der Waals surface area contributed by atoms with Crippen molar-refractivity contribution in [2.24, 2.45) is 0 Å². The van der Waals surface area contributed by atoms with Crippen LogP contribution < -0.4 is 5.32 Å². The lowest BCUT2D eigenvalue weighted by atomic mass is 10.1. The van der Waals surface area contributed by atoms with Gasteiger partial charge >= 0.3 is 0 Å². The summed E-state index contributed by atoms with van der Waals surface area (Å²) in [5, 5.41) is 3.19. The van der Waals surface area contributed by atoms with Gasteiger partial charge in [-0.25, -0.2) is 0 Å². The number of rotatable bonds is 2. The van der Waals surface area contributed by atoms with E-state index in [4.69, 9.17) is 0 Å². The topological polar surface area (TPSA) is 24.9 Å². The van der Waals surface area contributed by atoms with E-state index < -0.39 is 0 Å². The molecule has 80 valence electrons. The lowest BCUT2D eigenvalue weighted by Crippen LogP contribution is -2.01. The van der Waals surface area contributed by atoms with Crippen molar-refractivity contribution in [3.05, 3.63) is 23.0 Å². The van der Waals surface area contributed by atoms with Gasteiger partial charge < -0.3 is 5.32 Å². The lowest BCUT2D eigenvalue weighted by Gasteiger charge is -2.12. The molecule has 1 aromatic rings. The van der Waals surface area contributed by atoms with Crippen LogP contribution in [0.15, 0.2) is 6.20 Å². The average molecular weight is 194 g/mol. The lowest BCUT2D eigenvalue weighted by molar-refractivity contribution is 1.05. The van der Waals surface area contributed by atoms with Gasteiger partial charge in [0.25, 0.3) is 0 Å². The molecule has 1 N–H and O–H groups in total. The molecule has 1 rings (SSSR count). The van der Waals surface area contributed by atoms with Gasteiger partial charge in [0.1, 0.15) is 0 Å². The smallest absolute Gasteiger partial charge is 0.0606 e. The second kappa shape index (κ2) is 6.41. The molecule has 2 nitrogen and oxygen atoms in total.